The Balaban J connectivity index is 1.37. The van der Waals surface area contributed by atoms with Crippen LogP contribution in [-0.4, -0.2) is 48.3 Å². The summed E-state index contributed by atoms with van der Waals surface area (Å²) in [6.07, 6.45) is 1.63. The zero-order chi connectivity index (χ0) is 28.6. The first kappa shape index (κ1) is 29.0. The van der Waals surface area contributed by atoms with Crippen LogP contribution in [0.2, 0.25) is 5.02 Å². The fourth-order valence-electron chi connectivity index (χ4n) is 3.75. The summed E-state index contributed by atoms with van der Waals surface area (Å²) in [7, 11) is 0. The number of thioether (sulfide) groups is 1. The first-order valence-corrected chi connectivity index (χ1v) is 13.8. The molecular formula is C30H29ClN2O6S. The molecule has 1 saturated heterocycles. The number of ether oxygens (including phenoxy) is 3. The maximum Gasteiger partial charge on any atom is 0.293 e. The molecule has 0 bridgehead atoms. The van der Waals surface area contributed by atoms with Crippen molar-refractivity contribution in [1.82, 2.24) is 4.90 Å². The second-order valence-electron chi connectivity index (χ2n) is 8.93. The van der Waals surface area contributed by atoms with Crippen LogP contribution in [0, 0.1) is 13.8 Å². The van der Waals surface area contributed by atoms with Gasteiger partial charge in [-0.3, -0.25) is 19.3 Å². The number of nitrogens with zero attached hydrogens (tertiary/aromatic N) is 1. The number of imide groups is 1. The number of anilines is 1. The number of benzene rings is 3. The summed E-state index contributed by atoms with van der Waals surface area (Å²) < 4.78 is 17.1. The van der Waals surface area contributed by atoms with Crippen LogP contribution in [0.3, 0.4) is 0 Å². The maximum absolute atomic E-state index is 12.9. The van der Waals surface area contributed by atoms with Crippen molar-refractivity contribution in [1.29, 1.82) is 0 Å². The van der Waals surface area contributed by atoms with E-state index in [0.717, 1.165) is 22.9 Å². The number of nitrogens with one attached hydrogen (secondary N) is 1. The molecule has 0 spiro atoms. The van der Waals surface area contributed by atoms with Crippen LogP contribution in [0.4, 0.5) is 10.5 Å². The third kappa shape index (κ3) is 7.58. The number of carbonyl (C=O) groups is 3. The van der Waals surface area contributed by atoms with E-state index < -0.39 is 0 Å². The second kappa shape index (κ2) is 13.4. The molecule has 3 aromatic carbocycles. The van der Waals surface area contributed by atoms with Gasteiger partial charge in [0.2, 0.25) is 0 Å². The SMILES string of the molecule is CCOc1cc(/C=C2\SC(=O)N(CCOc3ccc(C)cc3)C2=O)ccc1OCC(=O)Nc1ccc(C)c(Cl)c1. The molecule has 1 aliphatic heterocycles. The molecule has 40 heavy (non-hydrogen) atoms. The van der Waals surface area contributed by atoms with Gasteiger partial charge < -0.3 is 19.5 Å². The van der Waals surface area contributed by atoms with Crippen molar-refractivity contribution in [2.45, 2.75) is 20.8 Å². The highest BCUT2D eigenvalue weighted by molar-refractivity contribution is 8.18. The minimum atomic E-state index is -0.381. The van der Waals surface area contributed by atoms with Gasteiger partial charge >= 0.3 is 0 Å². The summed E-state index contributed by atoms with van der Waals surface area (Å²) in [4.78, 5) is 39.3. The van der Waals surface area contributed by atoms with Crippen LogP contribution in [0.1, 0.15) is 23.6 Å². The Morgan fingerprint density at radius 2 is 1.75 bits per heavy atom. The molecule has 0 radical (unpaired) electrons. The summed E-state index contributed by atoms with van der Waals surface area (Å²) in [5.41, 5.74) is 3.25. The van der Waals surface area contributed by atoms with Crippen molar-refractivity contribution in [3.63, 3.8) is 0 Å². The van der Waals surface area contributed by atoms with Crippen LogP contribution in [-0.2, 0) is 9.59 Å². The summed E-state index contributed by atoms with van der Waals surface area (Å²) in [6.45, 7) is 6.15. The molecule has 3 aromatic rings. The third-order valence-electron chi connectivity index (χ3n) is 5.86. The van der Waals surface area contributed by atoms with Crippen molar-refractivity contribution in [2.75, 3.05) is 31.7 Å². The average molecular weight is 581 g/mol. The number of carbonyl (C=O) groups excluding carboxylic acids is 3. The largest absolute Gasteiger partial charge is 0.492 e. The van der Waals surface area contributed by atoms with Crippen molar-refractivity contribution < 1.29 is 28.6 Å². The number of rotatable bonds is 11. The van der Waals surface area contributed by atoms with Gasteiger partial charge in [-0.15, -0.1) is 0 Å². The van der Waals surface area contributed by atoms with E-state index in [1.54, 1.807) is 36.4 Å². The Kier molecular flexibility index (Phi) is 9.74. The van der Waals surface area contributed by atoms with Crippen molar-refractivity contribution in [2.24, 2.45) is 0 Å². The smallest absolute Gasteiger partial charge is 0.293 e. The highest BCUT2D eigenvalue weighted by Crippen LogP contribution is 2.34. The predicted octanol–water partition coefficient (Wildman–Crippen LogP) is 6.49. The molecular weight excluding hydrogens is 552 g/mol. The Labute approximate surface area is 242 Å². The molecule has 8 nitrogen and oxygen atoms in total. The number of hydrogen-bond acceptors (Lipinski definition) is 7. The van der Waals surface area contributed by atoms with Crippen LogP contribution >= 0.6 is 23.4 Å². The van der Waals surface area contributed by atoms with Gasteiger partial charge in [-0.25, -0.2) is 0 Å². The van der Waals surface area contributed by atoms with E-state index in [1.807, 2.05) is 51.1 Å². The summed E-state index contributed by atoms with van der Waals surface area (Å²) in [6, 6.07) is 17.9. The fraction of sp³-hybridized carbons (Fsp3) is 0.233. The van der Waals surface area contributed by atoms with E-state index in [9.17, 15) is 14.4 Å². The standard InChI is InChI=1S/C30H29ClN2O6S/c1-4-37-26-15-21(8-12-25(26)39-18-28(34)32-22-9-7-20(3)24(31)17-22)16-27-29(35)33(30(36)40-27)13-14-38-23-10-5-19(2)6-11-23/h5-12,15-17H,4,13-14,18H2,1-3H3,(H,32,34)/b27-16-. The van der Waals surface area contributed by atoms with Gasteiger partial charge in [0.25, 0.3) is 17.1 Å². The lowest BCUT2D eigenvalue weighted by Crippen LogP contribution is -2.32. The molecule has 1 heterocycles. The third-order valence-corrected chi connectivity index (χ3v) is 7.17. The monoisotopic (exact) mass is 580 g/mol. The molecule has 0 atom stereocenters. The zero-order valence-corrected chi connectivity index (χ0v) is 23.9. The van der Waals surface area contributed by atoms with E-state index in [-0.39, 0.29) is 36.8 Å². The van der Waals surface area contributed by atoms with Gasteiger partial charge in [0.05, 0.1) is 18.1 Å². The lowest BCUT2D eigenvalue weighted by Gasteiger charge is -2.14. The highest BCUT2D eigenvalue weighted by Gasteiger charge is 2.34. The van der Waals surface area contributed by atoms with E-state index >= 15 is 0 Å². The summed E-state index contributed by atoms with van der Waals surface area (Å²) in [5.74, 6) is 0.724. The normalized spacial score (nSPS) is 14.0. The molecule has 0 aromatic heterocycles. The zero-order valence-electron chi connectivity index (χ0n) is 22.4. The molecule has 0 saturated carbocycles. The lowest BCUT2D eigenvalue weighted by atomic mass is 10.2. The minimum absolute atomic E-state index is 0.143. The van der Waals surface area contributed by atoms with Gasteiger partial charge in [-0.2, -0.15) is 0 Å². The minimum Gasteiger partial charge on any atom is -0.492 e. The van der Waals surface area contributed by atoms with Crippen molar-refractivity contribution in [3.05, 3.63) is 87.3 Å². The van der Waals surface area contributed by atoms with Gasteiger partial charge in [-0.1, -0.05) is 41.4 Å². The van der Waals surface area contributed by atoms with E-state index in [2.05, 4.69) is 5.32 Å². The second-order valence-corrected chi connectivity index (χ2v) is 10.3. The highest BCUT2D eigenvalue weighted by atomic mass is 35.5. The Hall–Kier alpha value is -3.95. The number of hydrogen-bond donors (Lipinski definition) is 1. The van der Waals surface area contributed by atoms with Crippen molar-refractivity contribution >= 4 is 52.2 Å². The molecule has 10 heteroatoms. The average Bonchev–Trinajstić information content (AvgIpc) is 3.19. The van der Waals surface area contributed by atoms with Gasteiger partial charge in [0.1, 0.15) is 12.4 Å². The predicted molar refractivity (Wildman–Crippen MR) is 157 cm³/mol. The Bertz CT molecular complexity index is 1440. The first-order valence-electron chi connectivity index (χ1n) is 12.6. The van der Waals surface area contributed by atoms with Gasteiger partial charge in [0.15, 0.2) is 18.1 Å². The summed E-state index contributed by atoms with van der Waals surface area (Å²) >= 11 is 7.00. The fourth-order valence-corrected chi connectivity index (χ4v) is 4.79. The van der Waals surface area contributed by atoms with E-state index in [0.29, 0.717) is 45.0 Å². The Morgan fingerprint density at radius 3 is 2.48 bits per heavy atom. The molecule has 0 aliphatic carbocycles. The first-order chi connectivity index (χ1) is 19.2. The molecule has 1 aliphatic rings. The van der Waals surface area contributed by atoms with Crippen LogP contribution in [0.15, 0.2) is 65.6 Å². The number of amides is 3. The quantitative estimate of drug-likeness (QED) is 0.259. The molecule has 0 unspecified atom stereocenters. The number of aryl methyl sites for hydroxylation is 2. The molecule has 1 fully saturated rings. The van der Waals surface area contributed by atoms with Gasteiger partial charge in [0, 0.05) is 10.7 Å². The molecule has 208 valence electrons. The number of halogens is 1. The van der Waals surface area contributed by atoms with Crippen LogP contribution < -0.4 is 19.5 Å². The van der Waals surface area contributed by atoms with Crippen LogP contribution in [0.5, 0.6) is 17.2 Å². The molecule has 3 amide bonds. The molecule has 1 N–H and O–H groups in total. The lowest BCUT2D eigenvalue weighted by molar-refractivity contribution is -0.123. The Morgan fingerprint density at radius 1 is 0.975 bits per heavy atom. The topological polar surface area (TPSA) is 94.2 Å². The maximum atomic E-state index is 12.9. The van der Waals surface area contributed by atoms with E-state index in [1.165, 1.54) is 4.90 Å². The van der Waals surface area contributed by atoms with E-state index in [4.69, 9.17) is 25.8 Å². The molecule has 4 rings (SSSR count). The van der Waals surface area contributed by atoms with Crippen molar-refractivity contribution in [3.8, 4) is 17.2 Å². The van der Waals surface area contributed by atoms with Gasteiger partial charge in [-0.05, 0) is 86.1 Å². The van der Waals surface area contributed by atoms with Crippen LogP contribution in [0.25, 0.3) is 6.08 Å². The summed E-state index contributed by atoms with van der Waals surface area (Å²) in [5, 5.41) is 2.95.